The Morgan fingerprint density at radius 1 is 0.750 bits per heavy atom. The van der Waals surface area contributed by atoms with Gasteiger partial charge in [-0.25, -0.2) is 23.3 Å². The third-order valence-electron chi connectivity index (χ3n) is 4.41. The van der Waals surface area contributed by atoms with Crippen molar-refractivity contribution < 1.29 is 13.5 Å². The molecule has 0 aromatic carbocycles. The van der Waals surface area contributed by atoms with E-state index in [9.17, 15) is 9.59 Å². The van der Waals surface area contributed by atoms with E-state index < -0.39 is 32.9 Å². The topological polar surface area (TPSA) is 52.6 Å². The van der Waals surface area contributed by atoms with Gasteiger partial charge in [-0.15, -0.1) is 5.01 Å². The number of hydrogen-bond acceptors (Lipinski definition) is 3. The number of urea groups is 2. The van der Waals surface area contributed by atoms with E-state index in [1.165, 1.54) is 5.01 Å². The van der Waals surface area contributed by atoms with Gasteiger partial charge in [0.2, 0.25) is 0 Å². The maximum Gasteiger partial charge on any atom is 0.430 e. The number of rotatable bonds is 5. The lowest BCUT2D eigenvalue weighted by Crippen LogP contribution is -2.80. The summed E-state index contributed by atoms with van der Waals surface area (Å²) < 4.78 is 2.41. The molecule has 1 heterocycles. The minimum absolute atomic E-state index is 0.0387. The smallest absolute Gasteiger partial charge is 0.250 e. The molecule has 6 nitrogen and oxygen atoms in total. The highest BCUT2D eigenvalue weighted by atomic mass is 28.4. The van der Waals surface area contributed by atoms with Gasteiger partial charge >= 0.3 is 12.1 Å². The lowest BCUT2D eigenvalue weighted by molar-refractivity contribution is -0.676. The molecule has 0 aromatic rings. The van der Waals surface area contributed by atoms with Crippen LogP contribution in [0.15, 0.2) is 0 Å². The van der Waals surface area contributed by atoms with Crippen molar-refractivity contribution in [3.05, 3.63) is 0 Å². The van der Waals surface area contributed by atoms with Crippen molar-refractivity contribution in [2.45, 2.75) is 78.6 Å². The number of nitrogens with one attached hydrogen (secondary N) is 1. The van der Waals surface area contributed by atoms with Gasteiger partial charge in [-0.3, -0.25) is 0 Å². The van der Waals surface area contributed by atoms with Crippen LogP contribution >= 0.6 is 0 Å². The number of amides is 4. The van der Waals surface area contributed by atoms with Gasteiger partial charge in [0.15, 0.2) is 0 Å². The van der Waals surface area contributed by atoms with E-state index in [4.69, 9.17) is 0 Å². The molecule has 1 aliphatic heterocycles. The molecule has 4 amide bonds. The second-order valence-electron chi connectivity index (χ2n) is 10.7. The van der Waals surface area contributed by atoms with Gasteiger partial charge in [0.25, 0.3) is 16.5 Å². The molecule has 0 radical (unpaired) electrons. The van der Waals surface area contributed by atoms with E-state index in [-0.39, 0.29) is 16.0 Å². The normalized spacial score (nSPS) is 20.0. The number of hydrogen-bond donors (Lipinski definition) is 1. The molecule has 0 aromatic heterocycles. The number of quaternary nitrogens is 1. The molecule has 1 fully saturated rings. The molecule has 0 unspecified atom stereocenters. The van der Waals surface area contributed by atoms with Crippen LogP contribution in [0.5, 0.6) is 0 Å². The van der Waals surface area contributed by atoms with Crippen molar-refractivity contribution in [2.24, 2.45) is 0 Å². The quantitative estimate of drug-likeness (QED) is 0.689. The minimum atomic E-state index is -2.04. The fraction of sp³-hybridized carbons (Fsp3) is 0.857. The van der Waals surface area contributed by atoms with E-state index >= 15 is 0 Å². The molecule has 0 bridgehead atoms. The summed E-state index contributed by atoms with van der Waals surface area (Å²) in [4.78, 5) is 26.8. The summed E-state index contributed by atoms with van der Waals surface area (Å²) in [6.07, 6.45) is 0. The van der Waals surface area contributed by atoms with Crippen LogP contribution in [-0.2, 0) is 0 Å². The molecule has 0 atom stereocenters. The summed E-state index contributed by atoms with van der Waals surface area (Å²) in [5.74, 6) is 0. The Morgan fingerprint density at radius 2 is 1.08 bits per heavy atom. The monoisotopic (exact) mass is 405 g/mol. The van der Waals surface area contributed by atoms with E-state index in [0.717, 1.165) is 0 Å². The van der Waals surface area contributed by atoms with E-state index in [2.05, 4.69) is 88.3 Å². The molecule has 0 aliphatic carbocycles. The molecule has 140 valence electrons. The Morgan fingerprint density at radius 3 is 1.29 bits per heavy atom. The van der Waals surface area contributed by atoms with E-state index in [1.807, 2.05) is 0 Å². The zero-order chi connectivity index (χ0) is 19.5. The van der Waals surface area contributed by atoms with Gasteiger partial charge in [-0.2, -0.15) is 0 Å². The summed E-state index contributed by atoms with van der Waals surface area (Å²) in [5, 5.41) is 1.51. The van der Waals surface area contributed by atoms with Crippen LogP contribution in [0, 0.1) is 0 Å². The van der Waals surface area contributed by atoms with Crippen molar-refractivity contribution in [1.82, 2.24) is 14.8 Å². The van der Waals surface area contributed by atoms with Gasteiger partial charge in [0, 0.05) is 0 Å². The summed E-state index contributed by atoms with van der Waals surface area (Å²) >= 11 is 0. The van der Waals surface area contributed by atoms with Gasteiger partial charge < -0.3 is 0 Å². The minimum Gasteiger partial charge on any atom is -0.250 e. The number of imide groups is 1. The predicted molar refractivity (Wildman–Crippen MR) is 111 cm³/mol. The van der Waals surface area contributed by atoms with Gasteiger partial charge in [0.1, 0.15) is 16.5 Å². The highest BCUT2D eigenvalue weighted by molar-refractivity contribution is 6.90. The Kier molecular flexibility index (Phi) is 5.33. The Bertz CT molecular complexity index is 513. The van der Waals surface area contributed by atoms with Crippen molar-refractivity contribution in [2.75, 3.05) is 0 Å². The van der Waals surface area contributed by atoms with Crippen LogP contribution in [0.2, 0.25) is 78.6 Å². The van der Waals surface area contributed by atoms with Gasteiger partial charge in [-0.1, -0.05) is 39.3 Å². The first-order valence-corrected chi connectivity index (χ1v) is 22.4. The SMILES string of the molecule is C[Si](C)(C)N(N1C(=O)N[N+]([Si](C)(C)C)([Si](C)(C)C)C1=O)[Si](C)(C)C. The first kappa shape index (κ1) is 21.8. The third-order valence-corrected chi connectivity index (χ3v) is 20.0. The lowest BCUT2D eigenvalue weighted by Gasteiger charge is -2.50. The lowest BCUT2D eigenvalue weighted by atomic mass is 10.9. The predicted octanol–water partition coefficient (Wildman–Crippen LogP) is 4.42. The fourth-order valence-corrected chi connectivity index (χ4v) is 24.0. The number of carbonyl (C=O) groups is 2. The maximum absolute atomic E-state index is 13.8. The number of hydrazine groups is 1. The molecule has 0 saturated carbocycles. The second-order valence-corrected chi connectivity index (χ2v) is 31.1. The molecular weight excluding hydrogens is 369 g/mol. The molecule has 10 heteroatoms. The number of nitrogens with zero attached hydrogens (tertiary/aromatic N) is 3. The highest BCUT2D eigenvalue weighted by Crippen LogP contribution is 2.37. The summed E-state index contributed by atoms with van der Waals surface area (Å²) in [6, 6.07) is -0.266. The van der Waals surface area contributed by atoms with Crippen molar-refractivity contribution >= 4 is 45.0 Å². The van der Waals surface area contributed by atoms with Crippen molar-refractivity contribution in [3.8, 4) is 0 Å². The highest BCUT2D eigenvalue weighted by Gasteiger charge is 2.68. The Labute approximate surface area is 152 Å². The average Bonchev–Trinajstić information content (AvgIpc) is 2.49. The van der Waals surface area contributed by atoms with E-state index in [1.54, 1.807) is 0 Å². The molecule has 1 saturated heterocycles. The van der Waals surface area contributed by atoms with Crippen molar-refractivity contribution in [1.29, 1.82) is 0 Å². The number of carbonyl (C=O) groups excluding carboxylic acids is 2. The largest absolute Gasteiger partial charge is 0.430 e. The molecular formula is C14H37N4O2Si4+. The molecule has 1 rings (SSSR count). The summed E-state index contributed by atoms with van der Waals surface area (Å²) in [6.45, 7) is 26.3. The maximum atomic E-state index is 13.8. The molecule has 1 aliphatic rings. The molecule has 24 heavy (non-hydrogen) atoms. The van der Waals surface area contributed by atoms with Crippen LogP contribution in [0.1, 0.15) is 0 Å². The van der Waals surface area contributed by atoms with Crippen LogP contribution in [0.25, 0.3) is 0 Å². The second kappa shape index (κ2) is 5.88. The average molecular weight is 406 g/mol. The van der Waals surface area contributed by atoms with E-state index in [0.29, 0.717) is 0 Å². The summed E-state index contributed by atoms with van der Waals surface area (Å²) in [7, 11) is -7.86. The zero-order valence-electron chi connectivity index (χ0n) is 17.7. The third kappa shape index (κ3) is 3.36. The standard InChI is InChI=1S/C14H36N4O2Si4/c1-21(2,3)17(22(4,5)6)16-13(19)15-18(14(16)20,23(7,8)9)24(10,11)12/h1-12H3/p+1. The molecule has 0 spiro atoms. The van der Waals surface area contributed by atoms with Crippen LogP contribution in [0.3, 0.4) is 0 Å². The Hall–Kier alpha value is -0.272. The van der Waals surface area contributed by atoms with Crippen molar-refractivity contribution in [3.63, 3.8) is 0 Å². The fourth-order valence-electron chi connectivity index (χ4n) is 4.17. The van der Waals surface area contributed by atoms with Crippen LogP contribution in [0.4, 0.5) is 9.59 Å². The van der Waals surface area contributed by atoms with Crippen LogP contribution < -0.4 is 5.43 Å². The van der Waals surface area contributed by atoms with Gasteiger partial charge in [0.05, 0.1) is 0 Å². The van der Waals surface area contributed by atoms with Crippen LogP contribution in [-0.4, -0.2) is 58.3 Å². The Balaban J connectivity index is 3.62. The van der Waals surface area contributed by atoms with Gasteiger partial charge in [-0.05, 0) is 39.3 Å². The first-order valence-electron chi connectivity index (χ1n) is 8.65. The molecule has 1 N–H and O–H groups in total. The zero-order valence-corrected chi connectivity index (χ0v) is 21.7. The first-order chi connectivity index (χ1) is 10.3. The summed E-state index contributed by atoms with van der Waals surface area (Å²) in [5.41, 5.74) is 3.17.